The van der Waals surface area contributed by atoms with E-state index in [9.17, 15) is 8.42 Å². The van der Waals surface area contributed by atoms with Gasteiger partial charge in [0.15, 0.2) is 0 Å². The molecule has 0 radical (unpaired) electrons. The molecule has 0 aliphatic carbocycles. The van der Waals surface area contributed by atoms with Gasteiger partial charge in [0, 0.05) is 29.7 Å². The minimum atomic E-state index is -3.64. The number of fused-ring (bicyclic) bond motifs is 2. The Bertz CT molecular complexity index is 1420. The van der Waals surface area contributed by atoms with Gasteiger partial charge in [0.05, 0.1) is 21.8 Å². The largest absolute Gasteiger partial charge is 0.254 e. The molecule has 1 aliphatic rings. The predicted octanol–water partition coefficient (Wildman–Crippen LogP) is 5.01. The maximum absolute atomic E-state index is 13.2. The van der Waals surface area contributed by atoms with E-state index in [4.69, 9.17) is 16.6 Å². The first kappa shape index (κ1) is 20.1. The highest BCUT2D eigenvalue weighted by molar-refractivity contribution is 7.89. The number of halogens is 1. The van der Waals surface area contributed by atoms with Crippen LogP contribution in [0.1, 0.15) is 16.7 Å². The zero-order valence-electron chi connectivity index (χ0n) is 16.9. The summed E-state index contributed by atoms with van der Waals surface area (Å²) in [7, 11) is -3.64. The molecule has 0 atom stereocenters. The van der Waals surface area contributed by atoms with Gasteiger partial charge in [-0.1, -0.05) is 41.9 Å². The van der Waals surface area contributed by atoms with Gasteiger partial charge in [-0.3, -0.25) is 4.98 Å². The lowest BCUT2D eigenvalue weighted by atomic mass is 9.98. The van der Waals surface area contributed by atoms with E-state index in [-0.39, 0.29) is 4.90 Å². The van der Waals surface area contributed by atoms with Gasteiger partial charge in [-0.05, 0) is 60.4 Å². The fourth-order valence-electron chi connectivity index (χ4n) is 3.97. The molecule has 3 heterocycles. The van der Waals surface area contributed by atoms with Crippen molar-refractivity contribution in [2.75, 3.05) is 6.54 Å². The lowest BCUT2D eigenvalue weighted by Gasteiger charge is -2.29. The summed E-state index contributed by atoms with van der Waals surface area (Å²) in [6.45, 7) is 2.53. The highest BCUT2D eigenvalue weighted by atomic mass is 35.5. The SMILES string of the molecule is Cc1ccc(S(=O)(=O)N2CCc3c(ccnc3-c3ccc4ccccc4n3)C2)cc1Cl. The Morgan fingerprint density at radius 2 is 1.87 bits per heavy atom. The van der Waals surface area contributed by atoms with Crippen molar-refractivity contribution in [3.8, 4) is 11.4 Å². The topological polar surface area (TPSA) is 63.2 Å². The molecule has 1 aliphatic heterocycles. The van der Waals surface area contributed by atoms with Crippen LogP contribution < -0.4 is 0 Å². The number of sulfonamides is 1. The summed E-state index contributed by atoms with van der Waals surface area (Å²) < 4.78 is 27.9. The van der Waals surface area contributed by atoms with Crippen LogP contribution in [0.15, 0.2) is 71.8 Å². The van der Waals surface area contributed by atoms with Crippen LogP contribution in [0.3, 0.4) is 0 Å². The molecule has 0 bridgehead atoms. The average molecular weight is 450 g/mol. The van der Waals surface area contributed by atoms with Gasteiger partial charge in [-0.2, -0.15) is 4.31 Å². The first-order chi connectivity index (χ1) is 14.9. The molecule has 156 valence electrons. The number of aromatic nitrogens is 2. The predicted molar refractivity (Wildman–Crippen MR) is 122 cm³/mol. The van der Waals surface area contributed by atoms with Crippen molar-refractivity contribution in [2.24, 2.45) is 0 Å². The van der Waals surface area contributed by atoms with Crippen LogP contribution in [0.2, 0.25) is 5.02 Å². The number of aryl methyl sites for hydroxylation is 1. The zero-order valence-corrected chi connectivity index (χ0v) is 18.5. The van der Waals surface area contributed by atoms with Gasteiger partial charge in [0.25, 0.3) is 0 Å². The van der Waals surface area contributed by atoms with Gasteiger partial charge in [-0.15, -0.1) is 0 Å². The number of benzene rings is 2. The summed E-state index contributed by atoms with van der Waals surface area (Å²) in [6.07, 6.45) is 2.30. The van der Waals surface area contributed by atoms with E-state index in [1.54, 1.807) is 18.3 Å². The van der Waals surface area contributed by atoms with Crippen molar-refractivity contribution in [3.05, 3.63) is 88.6 Å². The van der Waals surface area contributed by atoms with Crippen LogP contribution in [0, 0.1) is 6.92 Å². The fraction of sp³-hybridized carbons (Fsp3) is 0.167. The quantitative estimate of drug-likeness (QED) is 0.441. The van der Waals surface area contributed by atoms with Crippen LogP contribution in [-0.2, 0) is 23.0 Å². The summed E-state index contributed by atoms with van der Waals surface area (Å²) in [5.41, 5.74) is 5.39. The molecule has 0 spiro atoms. The van der Waals surface area contributed by atoms with Gasteiger partial charge in [0.1, 0.15) is 0 Å². The molecular formula is C24H20ClN3O2S. The number of hydrogen-bond acceptors (Lipinski definition) is 4. The second kappa shape index (κ2) is 7.71. The van der Waals surface area contributed by atoms with E-state index in [0.717, 1.165) is 39.0 Å². The van der Waals surface area contributed by atoms with E-state index in [1.165, 1.54) is 10.4 Å². The molecule has 0 unspecified atom stereocenters. The van der Waals surface area contributed by atoms with Crippen molar-refractivity contribution in [3.63, 3.8) is 0 Å². The van der Waals surface area contributed by atoms with Crippen molar-refractivity contribution in [1.82, 2.24) is 14.3 Å². The molecule has 0 amide bonds. The van der Waals surface area contributed by atoms with Crippen LogP contribution in [0.4, 0.5) is 0 Å². The minimum Gasteiger partial charge on any atom is -0.254 e. The molecule has 5 nitrogen and oxygen atoms in total. The number of pyridine rings is 2. The third-order valence-corrected chi connectivity index (χ3v) is 7.98. The summed E-state index contributed by atoms with van der Waals surface area (Å²) in [4.78, 5) is 9.59. The van der Waals surface area contributed by atoms with E-state index in [1.807, 2.05) is 49.4 Å². The third-order valence-electron chi connectivity index (χ3n) is 5.73. The molecule has 2 aromatic heterocycles. The highest BCUT2D eigenvalue weighted by Gasteiger charge is 2.30. The average Bonchev–Trinajstić information content (AvgIpc) is 2.79. The lowest BCUT2D eigenvalue weighted by Crippen LogP contribution is -2.36. The fourth-order valence-corrected chi connectivity index (χ4v) is 5.66. The Kier molecular flexibility index (Phi) is 5.01. The molecule has 0 saturated heterocycles. The molecule has 4 aromatic rings. The number of para-hydroxylation sites is 1. The molecule has 0 saturated carbocycles. The van der Waals surface area contributed by atoms with E-state index < -0.39 is 10.0 Å². The molecule has 2 aromatic carbocycles. The lowest BCUT2D eigenvalue weighted by molar-refractivity contribution is 0.391. The second-order valence-corrected chi connectivity index (χ2v) is 10.0. The normalized spacial score (nSPS) is 14.5. The van der Waals surface area contributed by atoms with Crippen LogP contribution >= 0.6 is 11.6 Å². The van der Waals surface area contributed by atoms with Crippen LogP contribution in [-0.4, -0.2) is 29.2 Å². The van der Waals surface area contributed by atoms with Crippen molar-refractivity contribution in [2.45, 2.75) is 24.8 Å². The Hall–Kier alpha value is -2.80. The molecule has 31 heavy (non-hydrogen) atoms. The zero-order chi connectivity index (χ0) is 21.6. The van der Waals surface area contributed by atoms with E-state index >= 15 is 0 Å². The highest BCUT2D eigenvalue weighted by Crippen LogP contribution is 2.31. The number of nitrogens with zero attached hydrogens (tertiary/aromatic N) is 3. The second-order valence-electron chi connectivity index (χ2n) is 7.69. The number of hydrogen-bond donors (Lipinski definition) is 0. The molecular weight excluding hydrogens is 430 g/mol. The van der Waals surface area contributed by atoms with Crippen molar-refractivity contribution < 1.29 is 8.42 Å². The van der Waals surface area contributed by atoms with Crippen molar-refractivity contribution >= 4 is 32.5 Å². The van der Waals surface area contributed by atoms with E-state index in [0.29, 0.717) is 24.5 Å². The maximum Gasteiger partial charge on any atom is 0.243 e. The molecule has 7 heteroatoms. The third kappa shape index (κ3) is 3.61. The summed E-state index contributed by atoms with van der Waals surface area (Å²) in [5, 5.41) is 1.53. The monoisotopic (exact) mass is 449 g/mol. The molecule has 0 fully saturated rings. The van der Waals surface area contributed by atoms with Gasteiger partial charge >= 0.3 is 0 Å². The Balaban J connectivity index is 1.50. The van der Waals surface area contributed by atoms with Crippen LogP contribution in [0.5, 0.6) is 0 Å². The first-order valence-electron chi connectivity index (χ1n) is 10.0. The summed E-state index contributed by atoms with van der Waals surface area (Å²) in [5.74, 6) is 0. The molecule has 5 rings (SSSR count). The standard InChI is InChI=1S/C24H20ClN3O2S/c1-16-6-8-19(14-21(16)25)31(29,30)28-13-11-20-18(15-28)10-12-26-24(20)23-9-7-17-4-2-3-5-22(17)27-23/h2-10,12,14H,11,13,15H2,1H3. The Morgan fingerprint density at radius 1 is 1.03 bits per heavy atom. The van der Waals surface area contributed by atoms with Crippen LogP contribution in [0.25, 0.3) is 22.3 Å². The summed E-state index contributed by atoms with van der Waals surface area (Å²) >= 11 is 6.17. The number of rotatable bonds is 3. The van der Waals surface area contributed by atoms with Gasteiger partial charge < -0.3 is 0 Å². The Morgan fingerprint density at radius 3 is 2.71 bits per heavy atom. The summed E-state index contributed by atoms with van der Waals surface area (Å²) in [6, 6.07) is 18.7. The van der Waals surface area contributed by atoms with E-state index in [2.05, 4.69) is 4.98 Å². The minimum absolute atomic E-state index is 0.219. The maximum atomic E-state index is 13.2. The van der Waals surface area contributed by atoms with Gasteiger partial charge in [-0.25, -0.2) is 13.4 Å². The van der Waals surface area contributed by atoms with Crippen molar-refractivity contribution in [1.29, 1.82) is 0 Å². The first-order valence-corrected chi connectivity index (χ1v) is 11.8. The smallest absolute Gasteiger partial charge is 0.243 e. The van der Waals surface area contributed by atoms with Gasteiger partial charge in [0.2, 0.25) is 10.0 Å². The molecule has 0 N–H and O–H groups in total. The Labute approximate surface area is 186 Å².